The van der Waals surface area contributed by atoms with Gasteiger partial charge in [-0.3, -0.25) is 4.79 Å². The Bertz CT molecular complexity index is 1530. The van der Waals surface area contributed by atoms with Crippen LogP contribution in [-0.4, -0.2) is 47.2 Å². The van der Waals surface area contributed by atoms with Crippen molar-refractivity contribution < 1.29 is 19.4 Å². The van der Waals surface area contributed by atoms with Gasteiger partial charge in [0.25, 0.3) is 5.91 Å². The van der Waals surface area contributed by atoms with Gasteiger partial charge < -0.3 is 19.6 Å². The smallest absolute Gasteiger partial charge is 0.339 e. The lowest BCUT2D eigenvalue weighted by atomic mass is 10.00. The number of aryl methyl sites for hydroxylation is 1. The van der Waals surface area contributed by atoms with Crippen molar-refractivity contribution >= 4 is 29.2 Å². The zero-order chi connectivity index (χ0) is 26.8. The van der Waals surface area contributed by atoms with Crippen LogP contribution in [0.1, 0.15) is 38.8 Å². The summed E-state index contributed by atoms with van der Waals surface area (Å²) in [5.74, 6) is 0.343. The van der Waals surface area contributed by atoms with E-state index in [1.165, 1.54) is 0 Å². The van der Waals surface area contributed by atoms with E-state index in [2.05, 4.69) is 9.97 Å². The maximum Gasteiger partial charge on any atom is 0.339 e. The lowest BCUT2D eigenvalue weighted by molar-refractivity contribution is 0.0692. The molecule has 3 heterocycles. The molecule has 0 atom stereocenters. The van der Waals surface area contributed by atoms with Crippen molar-refractivity contribution in [3.05, 3.63) is 95.3 Å². The Morgan fingerprint density at radius 2 is 1.82 bits per heavy atom. The van der Waals surface area contributed by atoms with Gasteiger partial charge in [-0.25, -0.2) is 14.8 Å². The van der Waals surface area contributed by atoms with Crippen LogP contribution in [0.15, 0.2) is 73.1 Å². The summed E-state index contributed by atoms with van der Waals surface area (Å²) in [6.07, 6.45) is 3.88. The fourth-order valence-corrected chi connectivity index (χ4v) is 4.73. The molecule has 8 nitrogen and oxygen atoms in total. The third-order valence-corrected chi connectivity index (χ3v) is 6.62. The van der Waals surface area contributed by atoms with E-state index >= 15 is 0 Å². The van der Waals surface area contributed by atoms with Crippen molar-refractivity contribution in [2.24, 2.45) is 0 Å². The van der Waals surface area contributed by atoms with Gasteiger partial charge in [0, 0.05) is 38.0 Å². The topological polar surface area (TPSA) is 95.9 Å². The monoisotopic (exact) mass is 508 g/mol. The summed E-state index contributed by atoms with van der Waals surface area (Å²) < 4.78 is 6.11. The molecule has 0 radical (unpaired) electrons. The van der Waals surface area contributed by atoms with Crippen LogP contribution in [0.4, 0.5) is 17.3 Å². The molecule has 192 valence electrons. The summed E-state index contributed by atoms with van der Waals surface area (Å²) in [7, 11) is 1.73. The molecule has 1 aliphatic heterocycles. The Labute approximate surface area is 221 Å². The fourth-order valence-electron chi connectivity index (χ4n) is 4.73. The number of rotatable bonds is 7. The molecule has 0 saturated heterocycles. The molecule has 2 aromatic heterocycles. The van der Waals surface area contributed by atoms with Gasteiger partial charge in [0.05, 0.1) is 17.9 Å². The molecule has 0 aliphatic carbocycles. The standard InChI is InChI=1S/C30H28N4O4/c1-4-34-27-24(29(35)33(3)25-12-7-14-31-28(25)34)17-20(18-32-27)13-15-38-26-22(10-6-11-23(26)30(36)37)21-9-5-8-19(2)16-21/h5-12,14,16-18H,4,13,15H2,1-3H3,(H,36,37). The summed E-state index contributed by atoms with van der Waals surface area (Å²) in [5, 5.41) is 9.80. The zero-order valence-electron chi connectivity index (χ0n) is 21.5. The number of nitrogens with zero attached hydrogens (tertiary/aromatic N) is 4. The number of carboxylic acid groups (broad SMARTS) is 1. The first-order valence-corrected chi connectivity index (χ1v) is 12.4. The molecule has 0 spiro atoms. The number of hydrogen-bond acceptors (Lipinski definition) is 6. The molecule has 38 heavy (non-hydrogen) atoms. The lowest BCUT2D eigenvalue weighted by Gasteiger charge is -2.22. The summed E-state index contributed by atoms with van der Waals surface area (Å²) in [4.78, 5) is 38.1. The first-order valence-electron chi connectivity index (χ1n) is 12.4. The Hall–Kier alpha value is -4.72. The highest BCUT2D eigenvalue weighted by Gasteiger charge is 2.30. The number of aromatic nitrogens is 2. The van der Waals surface area contributed by atoms with Gasteiger partial charge in [-0.15, -0.1) is 0 Å². The predicted molar refractivity (Wildman–Crippen MR) is 147 cm³/mol. The Kier molecular flexibility index (Phi) is 6.79. The van der Waals surface area contributed by atoms with Gasteiger partial charge in [0.1, 0.15) is 17.1 Å². The van der Waals surface area contributed by atoms with Crippen LogP contribution in [0.5, 0.6) is 5.75 Å². The van der Waals surface area contributed by atoms with Crippen LogP contribution < -0.4 is 14.5 Å². The van der Waals surface area contributed by atoms with Crippen molar-refractivity contribution in [1.29, 1.82) is 0 Å². The second kappa shape index (κ2) is 10.3. The maximum atomic E-state index is 13.4. The summed E-state index contributed by atoms with van der Waals surface area (Å²) >= 11 is 0. The van der Waals surface area contributed by atoms with Crippen LogP contribution in [0.2, 0.25) is 0 Å². The number of para-hydroxylation sites is 1. The molecule has 8 heteroatoms. The van der Waals surface area contributed by atoms with Gasteiger partial charge in [-0.05, 0) is 49.2 Å². The van der Waals surface area contributed by atoms with Crippen LogP contribution in [0.3, 0.4) is 0 Å². The molecule has 1 aliphatic rings. The molecule has 1 amide bonds. The minimum atomic E-state index is -1.05. The number of carbonyl (C=O) groups excluding carboxylic acids is 1. The van der Waals surface area contributed by atoms with Crippen molar-refractivity contribution in [3.63, 3.8) is 0 Å². The normalized spacial score (nSPS) is 12.6. The number of anilines is 3. The average Bonchev–Trinajstić information content (AvgIpc) is 3.01. The van der Waals surface area contributed by atoms with Gasteiger partial charge in [0.2, 0.25) is 0 Å². The number of pyridine rings is 2. The molecule has 0 unspecified atom stereocenters. The van der Waals surface area contributed by atoms with E-state index in [0.29, 0.717) is 41.5 Å². The first kappa shape index (κ1) is 25.0. The minimum absolute atomic E-state index is 0.102. The summed E-state index contributed by atoms with van der Waals surface area (Å²) in [5.41, 5.74) is 4.78. The fraction of sp³-hybridized carbons (Fsp3) is 0.200. The SMILES string of the molecule is CCN1c2ncc(CCOc3c(C(=O)O)cccc3-c3cccc(C)c3)cc2C(=O)N(C)c2cccnc21. The lowest BCUT2D eigenvalue weighted by Crippen LogP contribution is -2.25. The number of hydrogen-bond donors (Lipinski definition) is 1. The third-order valence-electron chi connectivity index (χ3n) is 6.62. The Morgan fingerprint density at radius 1 is 1.00 bits per heavy atom. The Morgan fingerprint density at radius 3 is 2.58 bits per heavy atom. The van der Waals surface area contributed by atoms with E-state index in [4.69, 9.17) is 4.74 Å². The van der Waals surface area contributed by atoms with Crippen LogP contribution in [0, 0.1) is 6.92 Å². The van der Waals surface area contributed by atoms with Crippen molar-refractivity contribution in [1.82, 2.24) is 9.97 Å². The molecule has 1 N–H and O–H groups in total. The molecule has 0 fully saturated rings. The van der Waals surface area contributed by atoms with E-state index in [-0.39, 0.29) is 18.1 Å². The van der Waals surface area contributed by atoms with Crippen LogP contribution in [0.25, 0.3) is 11.1 Å². The van der Waals surface area contributed by atoms with Gasteiger partial charge >= 0.3 is 5.97 Å². The highest BCUT2D eigenvalue weighted by atomic mass is 16.5. The number of fused-ring (bicyclic) bond motifs is 2. The summed E-state index contributed by atoms with van der Waals surface area (Å²) in [6, 6.07) is 18.5. The highest BCUT2D eigenvalue weighted by molar-refractivity contribution is 6.12. The maximum absolute atomic E-state index is 13.4. The van der Waals surface area contributed by atoms with E-state index in [9.17, 15) is 14.7 Å². The van der Waals surface area contributed by atoms with Crippen LogP contribution >= 0.6 is 0 Å². The molecule has 5 rings (SSSR count). The average molecular weight is 509 g/mol. The number of carbonyl (C=O) groups is 2. The molecular formula is C30H28N4O4. The van der Waals surface area contributed by atoms with E-state index in [1.807, 2.05) is 67.3 Å². The third kappa shape index (κ3) is 4.56. The minimum Gasteiger partial charge on any atom is -0.492 e. The van der Waals surface area contributed by atoms with Gasteiger partial charge in [0.15, 0.2) is 5.82 Å². The second-order valence-corrected chi connectivity index (χ2v) is 9.12. The number of carboxylic acids is 1. The number of ether oxygens (including phenoxy) is 1. The van der Waals surface area contributed by atoms with Crippen LogP contribution in [-0.2, 0) is 6.42 Å². The Balaban J connectivity index is 1.43. The quantitative estimate of drug-likeness (QED) is 0.351. The second-order valence-electron chi connectivity index (χ2n) is 9.12. The number of amides is 1. The van der Waals surface area contributed by atoms with Gasteiger partial charge in [-0.2, -0.15) is 0 Å². The zero-order valence-corrected chi connectivity index (χ0v) is 21.5. The number of aromatic carboxylic acids is 1. The molecule has 0 saturated carbocycles. The predicted octanol–water partition coefficient (Wildman–Crippen LogP) is 5.52. The molecule has 0 bridgehead atoms. The van der Waals surface area contributed by atoms with Crippen molar-refractivity contribution in [2.45, 2.75) is 20.3 Å². The number of benzene rings is 2. The molecular weight excluding hydrogens is 480 g/mol. The summed E-state index contributed by atoms with van der Waals surface area (Å²) in [6.45, 7) is 4.80. The van der Waals surface area contributed by atoms with E-state index in [0.717, 1.165) is 22.4 Å². The van der Waals surface area contributed by atoms with E-state index in [1.54, 1.807) is 36.5 Å². The first-order chi connectivity index (χ1) is 18.4. The molecule has 2 aromatic carbocycles. The van der Waals surface area contributed by atoms with Crippen molar-refractivity contribution in [2.75, 3.05) is 30.0 Å². The highest BCUT2D eigenvalue weighted by Crippen LogP contribution is 2.38. The van der Waals surface area contributed by atoms with E-state index < -0.39 is 5.97 Å². The largest absolute Gasteiger partial charge is 0.492 e. The van der Waals surface area contributed by atoms with Crippen molar-refractivity contribution in [3.8, 4) is 16.9 Å². The van der Waals surface area contributed by atoms with Gasteiger partial charge in [-0.1, -0.05) is 42.0 Å². The molecule has 4 aromatic rings.